The Hall–Kier alpha value is -4.29. The second kappa shape index (κ2) is 10.3. The molecule has 2 N–H and O–H groups in total. The van der Waals surface area contributed by atoms with E-state index in [4.69, 9.17) is 14.0 Å². The molecule has 1 saturated carbocycles. The number of thiophene rings is 2. The van der Waals surface area contributed by atoms with Gasteiger partial charge in [-0.25, -0.2) is 18.4 Å². The average molecular weight is 597 g/mol. The maximum Gasteiger partial charge on any atom is 0.412 e. The van der Waals surface area contributed by atoms with Crippen LogP contribution in [-0.4, -0.2) is 27.9 Å². The summed E-state index contributed by atoms with van der Waals surface area (Å²) in [6.07, 6.45) is -0.722. The van der Waals surface area contributed by atoms with Gasteiger partial charge >= 0.3 is 12.1 Å². The second-order valence-electron chi connectivity index (χ2n) is 9.68. The highest BCUT2D eigenvalue weighted by atomic mass is 32.1. The lowest BCUT2D eigenvalue weighted by molar-refractivity contribution is -0.147. The molecule has 41 heavy (non-hydrogen) atoms. The number of ether oxygens (including phenoxy) is 2. The molecular weight excluding hydrogens is 574 g/mol. The molecule has 210 valence electrons. The number of fused-ring (bicyclic) bond motifs is 1. The molecule has 0 radical (unpaired) electrons. The Balaban J connectivity index is 1.21. The van der Waals surface area contributed by atoms with Crippen LogP contribution in [0.2, 0.25) is 0 Å². The molecule has 1 amide bonds. The standard InChI is InChI=1S/C29H22F2N2O6S2/c1-14-24(32-28(36)37-15(2)16-6-4-3-5-7-16)26(39-33-14)23-13-22-21(41-23)12-20(40-22)17-10-18(30)25(19(31)11-17)38-29(8-9-29)27(34)35/h3-7,10-13,15H,8-9H2,1-2H3,(H,32,36)(H,34,35)/t15-/m1/s1. The van der Waals surface area contributed by atoms with Crippen molar-refractivity contribution in [1.82, 2.24) is 5.16 Å². The fourth-order valence-electron chi connectivity index (χ4n) is 4.33. The number of nitrogens with zero attached hydrogens (tertiary/aromatic N) is 1. The van der Waals surface area contributed by atoms with Crippen molar-refractivity contribution in [2.24, 2.45) is 0 Å². The number of carboxylic acids is 1. The van der Waals surface area contributed by atoms with E-state index in [1.807, 2.05) is 36.4 Å². The zero-order valence-electron chi connectivity index (χ0n) is 21.7. The van der Waals surface area contributed by atoms with E-state index in [1.165, 1.54) is 22.7 Å². The van der Waals surface area contributed by atoms with Gasteiger partial charge in [-0.1, -0.05) is 35.5 Å². The normalized spacial score (nSPS) is 14.5. The highest BCUT2D eigenvalue weighted by Gasteiger charge is 2.54. The van der Waals surface area contributed by atoms with Crippen LogP contribution >= 0.6 is 22.7 Å². The van der Waals surface area contributed by atoms with Crippen molar-refractivity contribution >= 4 is 49.8 Å². The van der Waals surface area contributed by atoms with E-state index in [9.17, 15) is 23.5 Å². The number of carbonyl (C=O) groups is 2. The third-order valence-corrected chi connectivity index (χ3v) is 9.09. The predicted octanol–water partition coefficient (Wildman–Crippen LogP) is 8.18. The fraction of sp³-hybridized carbons (Fsp3) is 0.207. The number of halogens is 2. The molecule has 3 aromatic heterocycles. The van der Waals surface area contributed by atoms with Crippen LogP contribution in [0, 0.1) is 18.6 Å². The molecule has 8 nitrogen and oxygen atoms in total. The maximum absolute atomic E-state index is 14.8. The smallest absolute Gasteiger partial charge is 0.412 e. The lowest BCUT2D eigenvalue weighted by Gasteiger charge is -2.15. The van der Waals surface area contributed by atoms with Crippen molar-refractivity contribution in [3.05, 3.63) is 77.5 Å². The van der Waals surface area contributed by atoms with E-state index in [1.54, 1.807) is 19.9 Å². The van der Waals surface area contributed by atoms with Gasteiger partial charge < -0.3 is 19.1 Å². The van der Waals surface area contributed by atoms with Crippen LogP contribution in [0.5, 0.6) is 5.75 Å². The molecule has 2 aromatic carbocycles. The molecule has 3 heterocycles. The third kappa shape index (κ3) is 5.16. The van der Waals surface area contributed by atoms with Crippen molar-refractivity contribution in [1.29, 1.82) is 0 Å². The number of aromatic nitrogens is 1. The van der Waals surface area contributed by atoms with Crippen LogP contribution < -0.4 is 10.1 Å². The Morgan fingerprint density at radius 2 is 1.68 bits per heavy atom. The molecule has 1 aliphatic carbocycles. The zero-order valence-corrected chi connectivity index (χ0v) is 23.3. The first-order valence-electron chi connectivity index (χ1n) is 12.6. The number of hydrogen-bond acceptors (Lipinski definition) is 8. The quantitative estimate of drug-likeness (QED) is 0.186. The summed E-state index contributed by atoms with van der Waals surface area (Å²) in [6.45, 7) is 3.48. The number of anilines is 1. The van der Waals surface area contributed by atoms with Crippen molar-refractivity contribution in [2.75, 3.05) is 5.32 Å². The van der Waals surface area contributed by atoms with Crippen LogP contribution in [0.25, 0.3) is 30.5 Å². The summed E-state index contributed by atoms with van der Waals surface area (Å²) in [5.41, 5.74) is 0.461. The van der Waals surface area contributed by atoms with E-state index < -0.39 is 41.2 Å². The van der Waals surface area contributed by atoms with E-state index in [0.29, 0.717) is 32.5 Å². The summed E-state index contributed by atoms with van der Waals surface area (Å²) in [5.74, 6) is -3.49. The average Bonchev–Trinajstić information content (AvgIpc) is 3.27. The number of hydrogen-bond donors (Lipinski definition) is 2. The highest BCUT2D eigenvalue weighted by Crippen LogP contribution is 2.46. The molecule has 6 rings (SSSR count). The molecule has 0 spiro atoms. The molecule has 0 aliphatic heterocycles. The highest BCUT2D eigenvalue weighted by molar-refractivity contribution is 7.31. The largest absolute Gasteiger partial charge is 0.478 e. The van der Waals surface area contributed by atoms with Gasteiger partial charge in [-0.15, -0.1) is 22.7 Å². The Morgan fingerprint density at radius 1 is 1.05 bits per heavy atom. The van der Waals surface area contributed by atoms with Crippen molar-refractivity contribution in [3.63, 3.8) is 0 Å². The number of aliphatic carboxylic acids is 1. The minimum atomic E-state index is -1.56. The fourth-order valence-corrected chi connectivity index (χ4v) is 6.69. The number of rotatable bonds is 8. The van der Waals surface area contributed by atoms with Gasteiger partial charge in [0.1, 0.15) is 17.5 Å². The van der Waals surface area contributed by atoms with Crippen LogP contribution in [-0.2, 0) is 9.53 Å². The van der Waals surface area contributed by atoms with E-state index in [-0.39, 0.29) is 12.8 Å². The van der Waals surface area contributed by atoms with E-state index in [0.717, 1.165) is 27.1 Å². The first-order chi connectivity index (χ1) is 19.6. The van der Waals surface area contributed by atoms with Gasteiger partial charge in [0.05, 0.1) is 4.88 Å². The number of amides is 1. The molecule has 1 aliphatic rings. The minimum Gasteiger partial charge on any atom is -0.478 e. The second-order valence-corrected chi connectivity index (χ2v) is 11.8. The van der Waals surface area contributed by atoms with Crippen LogP contribution in [0.1, 0.15) is 37.1 Å². The third-order valence-electron chi connectivity index (χ3n) is 6.75. The molecule has 12 heteroatoms. The number of carboxylic acid groups (broad SMARTS) is 1. The Bertz CT molecular complexity index is 1740. The van der Waals surface area contributed by atoms with Crippen molar-refractivity contribution < 1.29 is 37.5 Å². The first-order valence-corrected chi connectivity index (χ1v) is 14.2. The van der Waals surface area contributed by atoms with Gasteiger partial charge in [-0.2, -0.15) is 0 Å². The van der Waals surface area contributed by atoms with Gasteiger partial charge in [0, 0.05) is 27.1 Å². The van der Waals surface area contributed by atoms with Crippen molar-refractivity contribution in [3.8, 4) is 26.8 Å². The van der Waals surface area contributed by atoms with Crippen LogP contribution in [0.15, 0.2) is 59.1 Å². The molecule has 0 unspecified atom stereocenters. The topological polar surface area (TPSA) is 111 Å². The summed E-state index contributed by atoms with van der Waals surface area (Å²) in [5, 5.41) is 16.0. The summed E-state index contributed by atoms with van der Waals surface area (Å²) in [7, 11) is 0. The Morgan fingerprint density at radius 3 is 2.32 bits per heavy atom. The molecule has 1 fully saturated rings. The van der Waals surface area contributed by atoms with E-state index >= 15 is 0 Å². The summed E-state index contributed by atoms with van der Waals surface area (Å²) >= 11 is 2.69. The Kier molecular flexibility index (Phi) is 6.74. The summed E-state index contributed by atoms with van der Waals surface area (Å²) in [6, 6.07) is 15.3. The number of nitrogens with one attached hydrogen (secondary N) is 1. The van der Waals surface area contributed by atoms with Gasteiger partial charge in [0.15, 0.2) is 17.4 Å². The van der Waals surface area contributed by atoms with Gasteiger partial charge in [-0.05, 0) is 49.2 Å². The molecule has 0 bridgehead atoms. The van der Waals surface area contributed by atoms with Crippen LogP contribution in [0.4, 0.5) is 19.3 Å². The summed E-state index contributed by atoms with van der Waals surface area (Å²) in [4.78, 5) is 25.3. The lowest BCUT2D eigenvalue weighted by Crippen LogP contribution is -2.29. The molecular formula is C29H22F2N2O6S2. The minimum absolute atomic E-state index is 0.197. The predicted molar refractivity (Wildman–Crippen MR) is 150 cm³/mol. The first kappa shape index (κ1) is 26.9. The van der Waals surface area contributed by atoms with Crippen LogP contribution in [0.3, 0.4) is 0 Å². The maximum atomic E-state index is 14.8. The van der Waals surface area contributed by atoms with E-state index in [2.05, 4.69) is 10.5 Å². The summed E-state index contributed by atoms with van der Waals surface area (Å²) < 4.78 is 47.5. The number of aryl methyl sites for hydroxylation is 1. The van der Waals surface area contributed by atoms with Crippen molar-refractivity contribution in [2.45, 2.75) is 38.4 Å². The zero-order chi connectivity index (χ0) is 28.9. The number of benzene rings is 2. The molecule has 1 atom stereocenters. The lowest BCUT2D eigenvalue weighted by atomic mass is 10.1. The molecule has 5 aromatic rings. The monoisotopic (exact) mass is 596 g/mol. The number of carbonyl (C=O) groups excluding carboxylic acids is 1. The Labute approximate surface area is 240 Å². The molecule has 0 saturated heterocycles. The SMILES string of the molecule is Cc1noc(-c2cc3sc(-c4cc(F)c(OC5(C(=O)O)CC5)c(F)c4)cc3s2)c1NC(=O)O[C@H](C)c1ccccc1. The van der Waals surface area contributed by atoms with Gasteiger partial charge in [0.2, 0.25) is 11.4 Å². The van der Waals surface area contributed by atoms with Gasteiger partial charge in [0.25, 0.3) is 0 Å². The van der Waals surface area contributed by atoms with Gasteiger partial charge in [-0.3, -0.25) is 5.32 Å².